The molecule has 3 aromatic heterocycles. The topological polar surface area (TPSA) is 75.4 Å². The zero-order chi connectivity index (χ0) is 18.6. The van der Waals surface area contributed by atoms with E-state index < -0.39 is 0 Å². The van der Waals surface area contributed by atoms with Gasteiger partial charge in [-0.05, 0) is 18.4 Å². The standard InChI is InChI=1S/C18H21N5O2S2/c1-13-19-15(12-27-13)10-22-5-7-23(8-6-22)17(24)3-2-16-20-21-18(25-16)14-4-9-26-11-14/h4,9,11-12H,2-3,5-8,10H2,1H3. The van der Waals surface area contributed by atoms with Crippen molar-refractivity contribution in [3.8, 4) is 11.5 Å². The van der Waals surface area contributed by atoms with Gasteiger partial charge in [0.1, 0.15) is 0 Å². The van der Waals surface area contributed by atoms with E-state index in [1.165, 1.54) is 0 Å². The summed E-state index contributed by atoms with van der Waals surface area (Å²) in [6.45, 7) is 6.16. The average molecular weight is 404 g/mol. The Hall–Kier alpha value is -2.10. The van der Waals surface area contributed by atoms with E-state index in [1.54, 1.807) is 22.7 Å². The lowest BCUT2D eigenvalue weighted by Gasteiger charge is -2.34. The zero-order valence-electron chi connectivity index (χ0n) is 15.1. The van der Waals surface area contributed by atoms with Crippen LogP contribution in [-0.2, 0) is 17.8 Å². The Balaban J connectivity index is 1.23. The number of nitrogens with zero attached hydrogens (tertiary/aromatic N) is 5. The lowest BCUT2D eigenvalue weighted by atomic mass is 10.2. The van der Waals surface area contributed by atoms with Crippen molar-refractivity contribution >= 4 is 28.6 Å². The first kappa shape index (κ1) is 18.3. The van der Waals surface area contributed by atoms with Crippen LogP contribution in [0.2, 0.25) is 0 Å². The maximum Gasteiger partial charge on any atom is 0.248 e. The molecule has 7 nitrogen and oxygen atoms in total. The van der Waals surface area contributed by atoms with Crippen LogP contribution in [0, 0.1) is 6.92 Å². The third kappa shape index (κ3) is 4.60. The number of thiophene rings is 1. The van der Waals surface area contributed by atoms with Gasteiger partial charge in [0.2, 0.25) is 17.7 Å². The molecule has 4 rings (SSSR count). The molecule has 0 spiro atoms. The lowest BCUT2D eigenvalue weighted by molar-refractivity contribution is -0.133. The highest BCUT2D eigenvalue weighted by atomic mass is 32.1. The highest BCUT2D eigenvalue weighted by Gasteiger charge is 2.22. The van der Waals surface area contributed by atoms with Crippen molar-refractivity contribution in [2.24, 2.45) is 0 Å². The van der Waals surface area contributed by atoms with E-state index in [0.717, 1.165) is 49.0 Å². The molecule has 0 N–H and O–H groups in total. The molecule has 0 aromatic carbocycles. The van der Waals surface area contributed by atoms with Crippen LogP contribution >= 0.6 is 22.7 Å². The maximum atomic E-state index is 12.5. The number of hydrogen-bond acceptors (Lipinski definition) is 8. The molecule has 0 atom stereocenters. The molecule has 1 fully saturated rings. The van der Waals surface area contributed by atoms with Gasteiger partial charge in [-0.3, -0.25) is 9.69 Å². The molecule has 0 unspecified atom stereocenters. The molecule has 0 aliphatic carbocycles. The minimum Gasteiger partial charge on any atom is -0.421 e. The molecule has 9 heteroatoms. The molecule has 4 heterocycles. The molecule has 1 aliphatic heterocycles. The Morgan fingerprint density at radius 2 is 2.07 bits per heavy atom. The second-order valence-electron chi connectivity index (χ2n) is 6.53. The van der Waals surface area contributed by atoms with Crippen molar-refractivity contribution < 1.29 is 9.21 Å². The highest BCUT2D eigenvalue weighted by molar-refractivity contribution is 7.09. The van der Waals surface area contributed by atoms with Crippen LogP contribution in [0.15, 0.2) is 26.6 Å². The molecule has 3 aromatic rings. The summed E-state index contributed by atoms with van der Waals surface area (Å²) in [5.41, 5.74) is 2.05. The van der Waals surface area contributed by atoms with Crippen LogP contribution in [0.1, 0.15) is 23.0 Å². The first-order valence-electron chi connectivity index (χ1n) is 8.93. The molecule has 142 valence electrons. The van der Waals surface area contributed by atoms with E-state index in [0.29, 0.717) is 24.6 Å². The van der Waals surface area contributed by atoms with Crippen molar-refractivity contribution in [3.05, 3.63) is 38.8 Å². The molecular weight excluding hydrogens is 382 g/mol. The summed E-state index contributed by atoms with van der Waals surface area (Å²) in [7, 11) is 0. The van der Waals surface area contributed by atoms with Gasteiger partial charge >= 0.3 is 0 Å². The van der Waals surface area contributed by atoms with Crippen LogP contribution in [0.5, 0.6) is 0 Å². The molecular formula is C18H21N5O2S2. The van der Waals surface area contributed by atoms with E-state index in [4.69, 9.17) is 4.42 Å². The number of rotatable bonds is 6. The van der Waals surface area contributed by atoms with Crippen LogP contribution in [0.25, 0.3) is 11.5 Å². The molecule has 1 amide bonds. The van der Waals surface area contributed by atoms with Gasteiger partial charge in [0.05, 0.1) is 10.7 Å². The van der Waals surface area contributed by atoms with E-state index in [-0.39, 0.29) is 5.91 Å². The summed E-state index contributed by atoms with van der Waals surface area (Å²) < 4.78 is 5.65. The van der Waals surface area contributed by atoms with Gasteiger partial charge in [-0.1, -0.05) is 0 Å². The number of aryl methyl sites for hydroxylation is 2. The van der Waals surface area contributed by atoms with Gasteiger partial charge in [-0.25, -0.2) is 4.98 Å². The van der Waals surface area contributed by atoms with Crippen LogP contribution in [0.4, 0.5) is 0 Å². The Labute approximate surface area is 165 Å². The first-order chi connectivity index (χ1) is 13.2. The summed E-state index contributed by atoms with van der Waals surface area (Å²) in [5, 5.41) is 15.3. The molecule has 0 bridgehead atoms. The third-order valence-electron chi connectivity index (χ3n) is 4.56. The molecule has 27 heavy (non-hydrogen) atoms. The van der Waals surface area contributed by atoms with Gasteiger partial charge in [-0.15, -0.1) is 21.5 Å². The summed E-state index contributed by atoms with van der Waals surface area (Å²) in [4.78, 5) is 21.3. The summed E-state index contributed by atoms with van der Waals surface area (Å²) in [5.74, 6) is 1.18. The highest BCUT2D eigenvalue weighted by Crippen LogP contribution is 2.21. The molecule has 1 saturated heterocycles. The number of amides is 1. The van der Waals surface area contributed by atoms with E-state index in [2.05, 4.69) is 25.5 Å². The smallest absolute Gasteiger partial charge is 0.248 e. The maximum absolute atomic E-state index is 12.5. The van der Waals surface area contributed by atoms with Crippen molar-refractivity contribution in [1.29, 1.82) is 0 Å². The van der Waals surface area contributed by atoms with Crippen molar-refractivity contribution in [1.82, 2.24) is 25.0 Å². The van der Waals surface area contributed by atoms with E-state index in [1.807, 2.05) is 28.7 Å². The Morgan fingerprint density at radius 1 is 1.22 bits per heavy atom. The Morgan fingerprint density at radius 3 is 2.78 bits per heavy atom. The van der Waals surface area contributed by atoms with Gasteiger partial charge in [-0.2, -0.15) is 11.3 Å². The van der Waals surface area contributed by atoms with Gasteiger partial charge in [0.25, 0.3) is 0 Å². The quantitative estimate of drug-likeness (QED) is 0.630. The summed E-state index contributed by atoms with van der Waals surface area (Å²) in [6, 6.07) is 1.94. The predicted octanol–water partition coefficient (Wildman–Crippen LogP) is 2.84. The van der Waals surface area contributed by atoms with Crippen molar-refractivity contribution in [2.45, 2.75) is 26.3 Å². The number of piperazine rings is 1. The zero-order valence-corrected chi connectivity index (χ0v) is 16.8. The van der Waals surface area contributed by atoms with Crippen LogP contribution in [0.3, 0.4) is 0 Å². The fourth-order valence-corrected chi connectivity index (χ4v) is 4.33. The second-order valence-corrected chi connectivity index (χ2v) is 8.37. The predicted molar refractivity (Wildman–Crippen MR) is 105 cm³/mol. The largest absolute Gasteiger partial charge is 0.421 e. The monoisotopic (exact) mass is 403 g/mol. The Kier molecular flexibility index (Phi) is 5.61. The number of thiazole rings is 1. The Bertz CT molecular complexity index is 881. The number of carbonyl (C=O) groups is 1. The third-order valence-corrected chi connectivity index (χ3v) is 6.07. The van der Waals surface area contributed by atoms with Crippen LogP contribution in [-0.4, -0.2) is 57.1 Å². The SMILES string of the molecule is Cc1nc(CN2CCN(C(=O)CCc3nnc(-c4ccsc4)o3)CC2)cs1. The number of aromatic nitrogens is 3. The van der Waals surface area contributed by atoms with Crippen molar-refractivity contribution in [2.75, 3.05) is 26.2 Å². The minimum atomic E-state index is 0.148. The molecule has 0 saturated carbocycles. The van der Waals surface area contributed by atoms with Gasteiger partial charge < -0.3 is 9.32 Å². The fourth-order valence-electron chi connectivity index (χ4n) is 3.09. The summed E-state index contributed by atoms with van der Waals surface area (Å²) in [6.07, 6.45) is 0.880. The molecule has 1 aliphatic rings. The number of carbonyl (C=O) groups excluding carboxylic acids is 1. The second kappa shape index (κ2) is 8.28. The minimum absolute atomic E-state index is 0.148. The lowest BCUT2D eigenvalue weighted by Crippen LogP contribution is -2.48. The normalized spacial score (nSPS) is 15.4. The fraction of sp³-hybridized carbons (Fsp3) is 0.444. The van der Waals surface area contributed by atoms with E-state index in [9.17, 15) is 4.79 Å². The van der Waals surface area contributed by atoms with Crippen LogP contribution < -0.4 is 0 Å². The van der Waals surface area contributed by atoms with Crippen molar-refractivity contribution in [3.63, 3.8) is 0 Å². The van der Waals surface area contributed by atoms with E-state index >= 15 is 0 Å². The first-order valence-corrected chi connectivity index (χ1v) is 10.8. The molecule has 0 radical (unpaired) electrons. The summed E-state index contributed by atoms with van der Waals surface area (Å²) >= 11 is 3.27. The number of hydrogen-bond donors (Lipinski definition) is 0. The van der Waals surface area contributed by atoms with Gasteiger partial charge in [0.15, 0.2) is 0 Å². The average Bonchev–Trinajstić information content (AvgIpc) is 3.42. The van der Waals surface area contributed by atoms with Gasteiger partial charge in [0, 0.05) is 61.9 Å².